The Morgan fingerprint density at radius 1 is 1.09 bits per heavy atom. The van der Waals surface area contributed by atoms with Crippen LogP contribution in [-0.2, 0) is 0 Å². The van der Waals surface area contributed by atoms with E-state index in [1.54, 1.807) is 30.6 Å². The van der Waals surface area contributed by atoms with Crippen LogP contribution in [-0.4, -0.2) is 29.0 Å². The quantitative estimate of drug-likeness (QED) is 0.700. The van der Waals surface area contributed by atoms with Crippen LogP contribution >= 0.6 is 11.3 Å². The molecule has 0 saturated carbocycles. The van der Waals surface area contributed by atoms with Crippen LogP contribution in [0.3, 0.4) is 0 Å². The van der Waals surface area contributed by atoms with Crippen molar-refractivity contribution >= 4 is 34.0 Å². The summed E-state index contributed by atoms with van der Waals surface area (Å²) in [6.07, 6.45) is 3.28. The van der Waals surface area contributed by atoms with Gasteiger partial charge in [-0.1, -0.05) is 29.5 Å². The van der Waals surface area contributed by atoms with Crippen LogP contribution in [0.25, 0.3) is 10.8 Å². The zero-order valence-electron chi connectivity index (χ0n) is 12.2. The number of rotatable bonds is 5. The molecule has 2 aromatic heterocycles. The molecule has 3 aromatic rings. The standard InChI is InChI=1S/C16H14N4O2S/c21-14(17-8-9-20-16-18-6-3-7-19-16)13-10-11-4-1-2-5-12(11)15(22)23-13/h1-7,10H,8-9H2,(H,17,21)(H,18,19,20). The van der Waals surface area contributed by atoms with Crippen molar-refractivity contribution in [3.8, 4) is 0 Å². The predicted octanol–water partition coefficient (Wildman–Crippen LogP) is 1.89. The molecular formula is C16H14N4O2S. The van der Waals surface area contributed by atoms with E-state index in [9.17, 15) is 9.59 Å². The molecule has 1 amide bonds. The zero-order chi connectivity index (χ0) is 16.1. The Kier molecular flexibility index (Phi) is 4.58. The third-order valence-electron chi connectivity index (χ3n) is 3.15. The average molecular weight is 326 g/mol. The second kappa shape index (κ2) is 6.97. The Hall–Kier alpha value is -2.80. The summed E-state index contributed by atoms with van der Waals surface area (Å²) in [5, 5.41) is 7.18. The van der Waals surface area contributed by atoms with Crippen molar-refractivity contribution in [1.82, 2.24) is 15.3 Å². The molecule has 0 spiro atoms. The Morgan fingerprint density at radius 2 is 1.87 bits per heavy atom. The molecule has 0 saturated heterocycles. The molecule has 0 aliphatic heterocycles. The molecule has 116 valence electrons. The largest absolute Gasteiger partial charge is 0.352 e. The van der Waals surface area contributed by atoms with Gasteiger partial charge >= 0.3 is 0 Å². The molecule has 7 heteroatoms. The van der Waals surface area contributed by atoms with Crippen molar-refractivity contribution in [2.24, 2.45) is 0 Å². The van der Waals surface area contributed by atoms with E-state index in [4.69, 9.17) is 0 Å². The maximum Gasteiger partial charge on any atom is 0.261 e. The number of nitrogens with one attached hydrogen (secondary N) is 2. The monoisotopic (exact) mass is 326 g/mol. The van der Waals surface area contributed by atoms with Gasteiger partial charge in [0.1, 0.15) is 0 Å². The zero-order valence-corrected chi connectivity index (χ0v) is 13.0. The third-order valence-corrected chi connectivity index (χ3v) is 4.08. The molecule has 0 fully saturated rings. The molecule has 0 unspecified atom stereocenters. The highest BCUT2D eigenvalue weighted by molar-refractivity contribution is 7.12. The summed E-state index contributed by atoms with van der Waals surface area (Å²) in [7, 11) is 0. The minimum Gasteiger partial charge on any atom is -0.352 e. The molecule has 0 radical (unpaired) electrons. The number of carbonyl (C=O) groups excluding carboxylic acids is 1. The van der Waals surface area contributed by atoms with Crippen molar-refractivity contribution in [3.63, 3.8) is 0 Å². The Labute approximate surface area is 136 Å². The van der Waals surface area contributed by atoms with Gasteiger partial charge in [0.25, 0.3) is 5.91 Å². The van der Waals surface area contributed by atoms with Crippen molar-refractivity contribution in [3.05, 3.63) is 63.2 Å². The highest BCUT2D eigenvalue weighted by Gasteiger charge is 2.09. The van der Waals surface area contributed by atoms with Crippen LogP contribution in [0.2, 0.25) is 0 Å². The van der Waals surface area contributed by atoms with Gasteiger partial charge in [-0.25, -0.2) is 9.97 Å². The van der Waals surface area contributed by atoms with Crippen LogP contribution in [0.15, 0.2) is 53.6 Å². The lowest BCUT2D eigenvalue weighted by atomic mass is 10.2. The minimum absolute atomic E-state index is 0.107. The summed E-state index contributed by atoms with van der Waals surface area (Å²) in [5.74, 6) is 0.255. The van der Waals surface area contributed by atoms with Crippen LogP contribution in [0.5, 0.6) is 0 Å². The smallest absolute Gasteiger partial charge is 0.261 e. The van der Waals surface area contributed by atoms with Crippen LogP contribution in [0.1, 0.15) is 9.67 Å². The summed E-state index contributed by atoms with van der Waals surface area (Å²) >= 11 is 0.957. The Morgan fingerprint density at radius 3 is 2.70 bits per heavy atom. The second-order valence-electron chi connectivity index (χ2n) is 4.74. The predicted molar refractivity (Wildman–Crippen MR) is 90.9 cm³/mol. The highest BCUT2D eigenvalue weighted by Crippen LogP contribution is 2.14. The molecule has 0 bridgehead atoms. The Bertz CT molecular complexity index is 880. The van der Waals surface area contributed by atoms with Crippen LogP contribution in [0.4, 0.5) is 5.95 Å². The fourth-order valence-corrected chi connectivity index (χ4v) is 2.92. The van der Waals surface area contributed by atoms with Crippen molar-refractivity contribution in [2.75, 3.05) is 18.4 Å². The number of hydrogen-bond acceptors (Lipinski definition) is 6. The third kappa shape index (κ3) is 3.70. The maximum absolute atomic E-state index is 12.2. The van der Waals surface area contributed by atoms with E-state index in [0.29, 0.717) is 29.3 Å². The molecule has 2 heterocycles. The minimum atomic E-state index is -0.256. The number of benzene rings is 1. The van der Waals surface area contributed by atoms with Crippen molar-refractivity contribution in [1.29, 1.82) is 0 Å². The first kappa shape index (κ1) is 15.1. The van der Waals surface area contributed by atoms with E-state index in [0.717, 1.165) is 16.7 Å². The number of fused-ring (bicyclic) bond motifs is 1. The van der Waals surface area contributed by atoms with Gasteiger partial charge in [-0.2, -0.15) is 0 Å². The highest BCUT2D eigenvalue weighted by atomic mass is 32.1. The molecule has 1 aromatic carbocycles. The lowest BCUT2D eigenvalue weighted by Gasteiger charge is -2.06. The lowest BCUT2D eigenvalue weighted by Crippen LogP contribution is -2.29. The van der Waals surface area contributed by atoms with E-state index in [1.165, 1.54) is 0 Å². The number of aromatic nitrogens is 2. The van der Waals surface area contributed by atoms with Gasteiger partial charge in [-0.05, 0) is 23.6 Å². The summed E-state index contributed by atoms with van der Waals surface area (Å²) in [6, 6.07) is 10.7. The summed E-state index contributed by atoms with van der Waals surface area (Å²) in [6.45, 7) is 0.906. The van der Waals surface area contributed by atoms with Crippen LogP contribution in [0, 0.1) is 0 Å². The number of anilines is 1. The van der Waals surface area contributed by atoms with E-state index in [2.05, 4.69) is 20.6 Å². The van der Waals surface area contributed by atoms with Gasteiger partial charge in [0.05, 0.1) is 4.88 Å². The SMILES string of the molecule is O=C(NCCNc1ncccn1)c1cc2ccccc2c(=O)s1. The maximum atomic E-state index is 12.2. The van der Waals surface area contributed by atoms with Gasteiger partial charge in [0, 0.05) is 30.9 Å². The van der Waals surface area contributed by atoms with Crippen molar-refractivity contribution < 1.29 is 4.79 Å². The first-order valence-electron chi connectivity index (χ1n) is 7.06. The van der Waals surface area contributed by atoms with E-state index >= 15 is 0 Å². The van der Waals surface area contributed by atoms with Crippen molar-refractivity contribution in [2.45, 2.75) is 0 Å². The number of carbonyl (C=O) groups is 1. The number of amides is 1. The fraction of sp³-hybridized carbons (Fsp3) is 0.125. The topological polar surface area (TPSA) is 84.0 Å². The van der Waals surface area contributed by atoms with Gasteiger partial charge in [0.15, 0.2) is 0 Å². The summed E-state index contributed by atoms with van der Waals surface area (Å²) < 4.78 is -0.107. The molecular weight excluding hydrogens is 312 g/mol. The fourth-order valence-electron chi connectivity index (χ4n) is 2.07. The summed E-state index contributed by atoms with van der Waals surface area (Å²) in [4.78, 5) is 32.6. The first-order chi connectivity index (χ1) is 11.2. The normalized spacial score (nSPS) is 10.4. The molecule has 3 rings (SSSR count). The van der Waals surface area contributed by atoms with E-state index in [1.807, 2.05) is 18.2 Å². The van der Waals surface area contributed by atoms with E-state index < -0.39 is 0 Å². The van der Waals surface area contributed by atoms with E-state index in [-0.39, 0.29) is 10.6 Å². The molecule has 0 atom stereocenters. The first-order valence-corrected chi connectivity index (χ1v) is 7.88. The molecule has 23 heavy (non-hydrogen) atoms. The average Bonchev–Trinajstić information content (AvgIpc) is 2.59. The molecule has 0 aliphatic carbocycles. The van der Waals surface area contributed by atoms with Gasteiger partial charge in [0.2, 0.25) is 10.7 Å². The van der Waals surface area contributed by atoms with Gasteiger partial charge < -0.3 is 10.6 Å². The van der Waals surface area contributed by atoms with Crippen LogP contribution < -0.4 is 15.4 Å². The van der Waals surface area contributed by atoms with Gasteiger partial charge in [-0.15, -0.1) is 0 Å². The summed E-state index contributed by atoms with van der Waals surface area (Å²) in [5.41, 5.74) is 0. The number of hydrogen-bond donors (Lipinski definition) is 2. The molecule has 0 aliphatic rings. The Balaban J connectivity index is 1.61. The van der Waals surface area contributed by atoms with Gasteiger partial charge in [-0.3, -0.25) is 9.59 Å². The number of nitrogens with zero attached hydrogens (tertiary/aromatic N) is 2. The second-order valence-corrected chi connectivity index (χ2v) is 5.76. The lowest BCUT2D eigenvalue weighted by molar-refractivity contribution is 0.0959. The molecule has 2 N–H and O–H groups in total. The molecule has 6 nitrogen and oxygen atoms in total.